The molecule has 1 aliphatic heterocycles. The van der Waals surface area contributed by atoms with Gasteiger partial charge in [-0.2, -0.15) is 0 Å². The van der Waals surface area contributed by atoms with Crippen LogP contribution in [0, 0.1) is 0 Å². The van der Waals surface area contributed by atoms with Gasteiger partial charge in [-0.3, -0.25) is 14.5 Å². The van der Waals surface area contributed by atoms with Crippen molar-refractivity contribution in [2.24, 2.45) is 0 Å². The van der Waals surface area contributed by atoms with Gasteiger partial charge in [0.2, 0.25) is 11.7 Å². The number of rotatable bonds is 9. The maximum atomic E-state index is 12.7. The van der Waals surface area contributed by atoms with Crippen LogP contribution in [0.5, 0.6) is 17.2 Å². The van der Waals surface area contributed by atoms with Crippen molar-refractivity contribution in [2.75, 3.05) is 54.1 Å². The zero-order valence-corrected chi connectivity index (χ0v) is 22.3. The number of methoxy groups -OCH3 is 3. The fourth-order valence-electron chi connectivity index (χ4n) is 4.35. The molecule has 0 saturated carbocycles. The normalized spacial score (nSPS) is 14.3. The maximum Gasteiger partial charge on any atom is 0.251 e. The zero-order chi connectivity index (χ0) is 26.3. The highest BCUT2D eigenvalue weighted by molar-refractivity contribution is 5.94. The van der Waals surface area contributed by atoms with Crippen LogP contribution >= 0.6 is 0 Å². The Morgan fingerprint density at radius 1 is 0.861 bits per heavy atom. The Bertz CT molecular complexity index is 1040. The molecule has 2 aromatic carbocycles. The highest BCUT2D eigenvalue weighted by atomic mass is 16.5. The van der Waals surface area contributed by atoms with E-state index in [1.807, 2.05) is 41.3 Å². The minimum atomic E-state index is -0.156. The highest BCUT2D eigenvalue weighted by Gasteiger charge is 2.23. The van der Waals surface area contributed by atoms with Gasteiger partial charge >= 0.3 is 0 Å². The first-order valence-electron chi connectivity index (χ1n) is 12.3. The summed E-state index contributed by atoms with van der Waals surface area (Å²) in [6.45, 7) is 10.2. The lowest BCUT2D eigenvalue weighted by atomic mass is 9.87. The number of hydrogen-bond acceptors (Lipinski definition) is 6. The van der Waals surface area contributed by atoms with Crippen LogP contribution < -0.4 is 19.5 Å². The SMILES string of the molecule is COc1ccc(CN2CCN(C(=O)CCNC(=O)c3ccc(C(C)(C)C)cc3)CC2)c(OC)c1OC. The van der Waals surface area contributed by atoms with E-state index < -0.39 is 0 Å². The fraction of sp³-hybridized carbons (Fsp3) is 0.500. The van der Waals surface area contributed by atoms with Crippen LogP contribution in [0.3, 0.4) is 0 Å². The Kier molecular flexibility index (Phi) is 9.20. The molecule has 0 aromatic heterocycles. The highest BCUT2D eigenvalue weighted by Crippen LogP contribution is 2.40. The van der Waals surface area contributed by atoms with Crippen molar-refractivity contribution in [2.45, 2.75) is 39.2 Å². The molecule has 8 nitrogen and oxygen atoms in total. The maximum absolute atomic E-state index is 12.7. The molecule has 1 fully saturated rings. The smallest absolute Gasteiger partial charge is 0.251 e. The van der Waals surface area contributed by atoms with E-state index in [2.05, 4.69) is 31.0 Å². The predicted octanol–water partition coefficient (Wildman–Crippen LogP) is 3.47. The van der Waals surface area contributed by atoms with Crippen LogP contribution in [0.15, 0.2) is 36.4 Å². The second-order valence-corrected chi connectivity index (χ2v) is 9.98. The number of amides is 2. The van der Waals surface area contributed by atoms with Crippen LogP contribution in [0.4, 0.5) is 0 Å². The van der Waals surface area contributed by atoms with Crippen LogP contribution in [0.1, 0.15) is 48.7 Å². The Labute approximate surface area is 214 Å². The van der Waals surface area contributed by atoms with E-state index in [-0.39, 0.29) is 23.7 Å². The second kappa shape index (κ2) is 12.1. The fourth-order valence-corrected chi connectivity index (χ4v) is 4.35. The first-order valence-corrected chi connectivity index (χ1v) is 12.3. The van der Waals surface area contributed by atoms with E-state index in [0.29, 0.717) is 49.0 Å². The third-order valence-corrected chi connectivity index (χ3v) is 6.54. The molecule has 1 heterocycles. The number of benzene rings is 2. The first-order chi connectivity index (χ1) is 17.2. The van der Waals surface area contributed by atoms with Crippen molar-refractivity contribution in [1.29, 1.82) is 0 Å². The molecule has 3 rings (SSSR count). The van der Waals surface area contributed by atoms with Crippen LogP contribution in [0.25, 0.3) is 0 Å². The van der Waals surface area contributed by atoms with Crippen molar-refractivity contribution in [1.82, 2.24) is 15.1 Å². The topological polar surface area (TPSA) is 80.3 Å². The largest absolute Gasteiger partial charge is 0.493 e. The van der Waals surface area contributed by atoms with Gasteiger partial charge < -0.3 is 24.4 Å². The third-order valence-electron chi connectivity index (χ3n) is 6.54. The van der Waals surface area contributed by atoms with E-state index >= 15 is 0 Å². The minimum Gasteiger partial charge on any atom is -0.493 e. The van der Waals surface area contributed by atoms with E-state index in [4.69, 9.17) is 14.2 Å². The summed E-state index contributed by atoms with van der Waals surface area (Å²) in [6.07, 6.45) is 0.287. The van der Waals surface area contributed by atoms with Crippen molar-refractivity contribution < 1.29 is 23.8 Å². The number of hydrogen-bond donors (Lipinski definition) is 1. The molecule has 8 heteroatoms. The van der Waals surface area contributed by atoms with Gasteiger partial charge in [0.05, 0.1) is 21.3 Å². The molecule has 0 radical (unpaired) electrons. The molecule has 1 saturated heterocycles. The predicted molar refractivity (Wildman–Crippen MR) is 140 cm³/mol. The summed E-state index contributed by atoms with van der Waals surface area (Å²) < 4.78 is 16.4. The van der Waals surface area contributed by atoms with Gasteiger partial charge in [-0.05, 0) is 29.2 Å². The lowest BCUT2D eigenvalue weighted by Crippen LogP contribution is -2.48. The van der Waals surface area contributed by atoms with E-state index in [9.17, 15) is 9.59 Å². The zero-order valence-electron chi connectivity index (χ0n) is 22.3. The van der Waals surface area contributed by atoms with Crippen molar-refractivity contribution in [3.05, 3.63) is 53.1 Å². The lowest BCUT2D eigenvalue weighted by Gasteiger charge is -2.35. The monoisotopic (exact) mass is 497 g/mol. The summed E-state index contributed by atoms with van der Waals surface area (Å²) in [4.78, 5) is 29.3. The van der Waals surface area contributed by atoms with Crippen LogP contribution in [-0.4, -0.2) is 75.7 Å². The van der Waals surface area contributed by atoms with Crippen molar-refractivity contribution in [3.63, 3.8) is 0 Å². The molecule has 0 spiro atoms. The van der Waals surface area contributed by atoms with Crippen molar-refractivity contribution >= 4 is 11.8 Å². The Morgan fingerprint density at radius 3 is 2.06 bits per heavy atom. The van der Waals surface area contributed by atoms with E-state index in [1.165, 1.54) is 5.56 Å². The van der Waals surface area contributed by atoms with E-state index in [1.54, 1.807) is 21.3 Å². The molecular weight excluding hydrogens is 458 g/mol. The molecule has 196 valence electrons. The van der Waals surface area contributed by atoms with Gasteiger partial charge in [0.15, 0.2) is 11.5 Å². The summed E-state index contributed by atoms with van der Waals surface area (Å²) in [7, 11) is 4.82. The van der Waals surface area contributed by atoms with Gasteiger partial charge in [0.1, 0.15) is 0 Å². The number of carbonyl (C=O) groups excluding carboxylic acids is 2. The standard InChI is InChI=1S/C28H39N3O5/c1-28(2,3)22-10-7-20(8-11-22)27(33)29-14-13-24(32)31-17-15-30(16-18-31)19-21-9-12-23(34-4)26(36-6)25(21)35-5/h7-12H,13-19H2,1-6H3,(H,29,33). The molecule has 0 aliphatic carbocycles. The summed E-state index contributed by atoms with van der Waals surface area (Å²) >= 11 is 0. The molecule has 0 bridgehead atoms. The van der Waals surface area contributed by atoms with Gasteiger partial charge in [0.25, 0.3) is 5.91 Å². The third kappa shape index (κ3) is 6.69. The number of ether oxygens (including phenoxy) is 3. The Morgan fingerprint density at radius 2 is 1.50 bits per heavy atom. The molecule has 0 unspecified atom stereocenters. The second-order valence-electron chi connectivity index (χ2n) is 9.98. The van der Waals surface area contributed by atoms with Crippen molar-refractivity contribution in [3.8, 4) is 17.2 Å². The van der Waals surface area contributed by atoms with Gasteiger partial charge in [-0.25, -0.2) is 0 Å². The average molecular weight is 498 g/mol. The average Bonchev–Trinajstić information content (AvgIpc) is 2.88. The number of nitrogens with one attached hydrogen (secondary N) is 1. The first kappa shape index (κ1) is 27.3. The molecule has 2 amide bonds. The number of carbonyl (C=O) groups is 2. The summed E-state index contributed by atoms with van der Waals surface area (Å²) in [5.74, 6) is 1.78. The molecule has 1 N–H and O–H groups in total. The van der Waals surface area contributed by atoms with Gasteiger partial charge in [-0.15, -0.1) is 0 Å². The minimum absolute atomic E-state index is 0.0407. The van der Waals surface area contributed by atoms with Crippen LogP contribution in [0.2, 0.25) is 0 Å². The quantitative estimate of drug-likeness (QED) is 0.572. The Hall–Kier alpha value is -3.26. The van der Waals surface area contributed by atoms with Gasteiger partial charge in [0, 0.05) is 56.8 Å². The number of piperazine rings is 1. The van der Waals surface area contributed by atoms with Gasteiger partial charge in [-0.1, -0.05) is 39.0 Å². The summed E-state index contributed by atoms with van der Waals surface area (Å²) in [5, 5.41) is 2.87. The molecule has 2 aromatic rings. The molecule has 36 heavy (non-hydrogen) atoms. The molecule has 0 atom stereocenters. The molecular formula is C28H39N3O5. The lowest BCUT2D eigenvalue weighted by molar-refractivity contribution is -0.132. The molecule has 1 aliphatic rings. The Balaban J connectivity index is 1.45. The van der Waals surface area contributed by atoms with E-state index in [0.717, 1.165) is 18.7 Å². The summed E-state index contributed by atoms with van der Waals surface area (Å²) in [6, 6.07) is 11.5. The number of nitrogens with zero attached hydrogens (tertiary/aromatic N) is 2. The summed E-state index contributed by atoms with van der Waals surface area (Å²) in [5.41, 5.74) is 2.83. The van der Waals surface area contributed by atoms with Crippen LogP contribution in [-0.2, 0) is 16.8 Å².